The van der Waals surface area contributed by atoms with E-state index in [0.29, 0.717) is 5.69 Å². The van der Waals surface area contributed by atoms with Crippen molar-refractivity contribution in [3.05, 3.63) is 24.3 Å². The van der Waals surface area contributed by atoms with Crippen molar-refractivity contribution in [1.29, 1.82) is 0 Å². The summed E-state index contributed by atoms with van der Waals surface area (Å²) in [4.78, 5) is 14.8. The minimum Gasteiger partial charge on any atom is -0.399 e. The number of hydrogen-bond donors (Lipinski definition) is 2. The van der Waals surface area contributed by atoms with Crippen LogP contribution in [0.15, 0.2) is 24.3 Å². The summed E-state index contributed by atoms with van der Waals surface area (Å²) in [6, 6.07) is 7.27. The number of carbonyl (C=O) groups is 1. The summed E-state index contributed by atoms with van der Waals surface area (Å²) in [7, 11) is 0. The largest absolute Gasteiger partial charge is 0.399 e. The lowest BCUT2D eigenvalue weighted by Crippen LogP contribution is -2.50. The van der Waals surface area contributed by atoms with Crippen molar-refractivity contribution in [1.82, 2.24) is 4.90 Å². The molecule has 20 heavy (non-hydrogen) atoms. The van der Waals surface area contributed by atoms with Crippen molar-refractivity contribution in [2.24, 2.45) is 0 Å². The Kier molecular flexibility index (Phi) is 4.33. The summed E-state index contributed by atoms with van der Waals surface area (Å²) in [6.07, 6.45) is 3.06. The number of likely N-dealkylation sites (tertiary alicyclic amines) is 1. The Morgan fingerprint density at radius 1 is 1.40 bits per heavy atom. The lowest BCUT2D eigenvalue weighted by Gasteiger charge is -2.38. The van der Waals surface area contributed by atoms with E-state index in [1.165, 1.54) is 0 Å². The van der Waals surface area contributed by atoms with Gasteiger partial charge in [-0.05, 0) is 63.9 Å². The first kappa shape index (κ1) is 14.9. The quantitative estimate of drug-likeness (QED) is 0.831. The van der Waals surface area contributed by atoms with Gasteiger partial charge in [-0.25, -0.2) is 0 Å². The molecule has 1 heterocycles. The SMILES string of the molecule is CCC(C)(C)N1CCCC1C(=O)Nc1ccc(N)cc1. The molecule has 0 aliphatic carbocycles. The van der Waals surface area contributed by atoms with Crippen molar-refractivity contribution in [2.45, 2.75) is 51.6 Å². The number of nitrogens with zero attached hydrogens (tertiary/aromatic N) is 1. The number of carbonyl (C=O) groups excluding carboxylic acids is 1. The van der Waals surface area contributed by atoms with Crippen LogP contribution in [0.25, 0.3) is 0 Å². The summed E-state index contributed by atoms with van der Waals surface area (Å²) in [5, 5.41) is 3.00. The molecule has 1 atom stereocenters. The monoisotopic (exact) mass is 275 g/mol. The highest BCUT2D eigenvalue weighted by molar-refractivity contribution is 5.95. The number of anilines is 2. The smallest absolute Gasteiger partial charge is 0.241 e. The standard InChI is InChI=1S/C16H25N3O/c1-4-16(2,3)19-11-5-6-14(19)15(20)18-13-9-7-12(17)8-10-13/h7-10,14H,4-6,11,17H2,1-3H3,(H,18,20). The van der Waals surface area contributed by atoms with Crippen LogP contribution in [0.1, 0.15) is 40.0 Å². The summed E-state index contributed by atoms with van der Waals surface area (Å²) >= 11 is 0. The molecule has 0 radical (unpaired) electrons. The third-order valence-corrected chi connectivity index (χ3v) is 4.38. The number of nitrogens with one attached hydrogen (secondary N) is 1. The number of nitrogen functional groups attached to an aromatic ring is 1. The molecule has 4 heteroatoms. The summed E-state index contributed by atoms with van der Waals surface area (Å²) < 4.78 is 0. The Balaban J connectivity index is 2.06. The van der Waals surface area contributed by atoms with E-state index in [-0.39, 0.29) is 17.5 Å². The normalized spacial score (nSPS) is 20.1. The minimum atomic E-state index is -0.0255. The van der Waals surface area contributed by atoms with E-state index < -0.39 is 0 Å². The van der Waals surface area contributed by atoms with Gasteiger partial charge in [0.1, 0.15) is 0 Å². The second-order valence-corrected chi connectivity index (χ2v) is 6.13. The van der Waals surface area contributed by atoms with Gasteiger partial charge in [-0.1, -0.05) is 6.92 Å². The van der Waals surface area contributed by atoms with Crippen molar-refractivity contribution in [3.63, 3.8) is 0 Å². The Hall–Kier alpha value is -1.55. The predicted molar refractivity (Wildman–Crippen MR) is 83.6 cm³/mol. The van der Waals surface area contributed by atoms with Gasteiger partial charge in [0, 0.05) is 16.9 Å². The van der Waals surface area contributed by atoms with E-state index in [9.17, 15) is 4.79 Å². The van der Waals surface area contributed by atoms with E-state index in [4.69, 9.17) is 5.73 Å². The van der Waals surface area contributed by atoms with Crippen molar-refractivity contribution in [3.8, 4) is 0 Å². The van der Waals surface area contributed by atoms with Crippen molar-refractivity contribution in [2.75, 3.05) is 17.6 Å². The van der Waals surface area contributed by atoms with Crippen LogP contribution in [0.3, 0.4) is 0 Å². The van der Waals surface area contributed by atoms with Gasteiger partial charge in [-0.3, -0.25) is 9.69 Å². The van der Waals surface area contributed by atoms with Gasteiger partial charge in [-0.2, -0.15) is 0 Å². The molecule has 4 nitrogen and oxygen atoms in total. The van der Waals surface area contributed by atoms with Gasteiger partial charge in [0.05, 0.1) is 6.04 Å². The molecule has 110 valence electrons. The number of benzene rings is 1. The molecule has 1 aromatic rings. The lowest BCUT2D eigenvalue weighted by atomic mass is 9.98. The highest BCUT2D eigenvalue weighted by Crippen LogP contribution is 2.29. The molecule has 0 bridgehead atoms. The van der Waals surface area contributed by atoms with Gasteiger partial charge in [-0.15, -0.1) is 0 Å². The van der Waals surface area contributed by atoms with Gasteiger partial charge < -0.3 is 11.1 Å². The number of rotatable bonds is 4. The first-order valence-corrected chi connectivity index (χ1v) is 7.37. The second kappa shape index (κ2) is 5.83. The summed E-state index contributed by atoms with van der Waals surface area (Å²) in [6.45, 7) is 7.59. The molecule has 1 aliphatic rings. The molecule has 0 aromatic heterocycles. The van der Waals surface area contributed by atoms with Crippen LogP contribution in [-0.4, -0.2) is 28.9 Å². The fourth-order valence-corrected chi connectivity index (χ4v) is 2.76. The molecular weight excluding hydrogens is 250 g/mol. The zero-order valence-electron chi connectivity index (χ0n) is 12.6. The molecule has 1 fully saturated rings. The van der Waals surface area contributed by atoms with E-state index in [1.54, 1.807) is 12.1 Å². The van der Waals surface area contributed by atoms with E-state index in [1.807, 2.05) is 12.1 Å². The first-order valence-electron chi connectivity index (χ1n) is 7.37. The molecule has 1 saturated heterocycles. The zero-order valence-corrected chi connectivity index (χ0v) is 12.6. The maximum absolute atomic E-state index is 12.5. The number of nitrogens with two attached hydrogens (primary N) is 1. The molecule has 1 aromatic carbocycles. The topological polar surface area (TPSA) is 58.4 Å². The second-order valence-electron chi connectivity index (χ2n) is 6.13. The number of hydrogen-bond acceptors (Lipinski definition) is 3. The average molecular weight is 275 g/mol. The van der Waals surface area contributed by atoms with Crippen LogP contribution in [0, 0.1) is 0 Å². The maximum atomic E-state index is 12.5. The highest BCUT2D eigenvalue weighted by atomic mass is 16.2. The third kappa shape index (κ3) is 3.12. The molecule has 1 aliphatic heterocycles. The number of amides is 1. The highest BCUT2D eigenvalue weighted by Gasteiger charge is 2.38. The molecule has 1 amide bonds. The van der Waals surface area contributed by atoms with Crippen molar-refractivity contribution >= 4 is 17.3 Å². The Morgan fingerprint density at radius 2 is 2.05 bits per heavy atom. The van der Waals surface area contributed by atoms with Crippen LogP contribution >= 0.6 is 0 Å². The molecule has 1 unspecified atom stereocenters. The summed E-state index contributed by atoms with van der Waals surface area (Å²) in [5.41, 5.74) is 7.24. The molecular formula is C16H25N3O. The zero-order chi connectivity index (χ0) is 14.8. The van der Waals surface area contributed by atoms with E-state index in [0.717, 1.165) is 31.5 Å². The Labute approximate surface area is 121 Å². The predicted octanol–water partition coefficient (Wildman–Crippen LogP) is 2.86. The van der Waals surface area contributed by atoms with Crippen LogP contribution in [-0.2, 0) is 4.79 Å². The molecule has 0 saturated carbocycles. The third-order valence-electron chi connectivity index (χ3n) is 4.38. The van der Waals surface area contributed by atoms with Gasteiger partial charge in [0.15, 0.2) is 0 Å². The fraction of sp³-hybridized carbons (Fsp3) is 0.562. The molecule has 2 rings (SSSR count). The van der Waals surface area contributed by atoms with Crippen LogP contribution < -0.4 is 11.1 Å². The Morgan fingerprint density at radius 3 is 2.65 bits per heavy atom. The van der Waals surface area contributed by atoms with Gasteiger partial charge in [0.2, 0.25) is 5.91 Å². The van der Waals surface area contributed by atoms with Crippen LogP contribution in [0.5, 0.6) is 0 Å². The molecule has 0 spiro atoms. The van der Waals surface area contributed by atoms with Crippen LogP contribution in [0.4, 0.5) is 11.4 Å². The first-order chi connectivity index (χ1) is 9.44. The average Bonchev–Trinajstić information content (AvgIpc) is 2.91. The summed E-state index contributed by atoms with van der Waals surface area (Å²) in [5.74, 6) is 0.0915. The lowest BCUT2D eigenvalue weighted by molar-refractivity contribution is -0.122. The minimum absolute atomic E-state index is 0.0255. The Bertz CT molecular complexity index is 467. The fourth-order valence-electron chi connectivity index (χ4n) is 2.76. The maximum Gasteiger partial charge on any atom is 0.241 e. The van der Waals surface area contributed by atoms with Crippen LogP contribution in [0.2, 0.25) is 0 Å². The molecule has 3 N–H and O–H groups in total. The van der Waals surface area contributed by atoms with Gasteiger partial charge >= 0.3 is 0 Å². The van der Waals surface area contributed by atoms with E-state index in [2.05, 4.69) is 31.0 Å². The van der Waals surface area contributed by atoms with Crippen molar-refractivity contribution < 1.29 is 4.79 Å². The van der Waals surface area contributed by atoms with Gasteiger partial charge in [0.25, 0.3) is 0 Å². The van der Waals surface area contributed by atoms with E-state index >= 15 is 0 Å².